The highest BCUT2D eigenvalue weighted by atomic mass is 32.2. The molecular formula is C24H26N4O3S2. The Morgan fingerprint density at radius 3 is 2.97 bits per heavy atom. The lowest BCUT2D eigenvalue weighted by Gasteiger charge is -2.16. The molecule has 0 saturated carbocycles. The zero-order valence-corrected chi connectivity index (χ0v) is 19.9. The summed E-state index contributed by atoms with van der Waals surface area (Å²) < 4.78 is 0. The maximum Gasteiger partial charge on any atom is 0.259 e. The predicted molar refractivity (Wildman–Crippen MR) is 133 cm³/mol. The van der Waals surface area contributed by atoms with Gasteiger partial charge in [-0.1, -0.05) is 12.1 Å². The fraction of sp³-hybridized carbons (Fsp3) is 0.417. The number of hydrogen-bond acceptors (Lipinski definition) is 6. The van der Waals surface area contributed by atoms with E-state index in [0.717, 1.165) is 53.7 Å². The molecule has 0 atom stereocenters. The minimum Gasteiger partial charge on any atom is -0.338 e. The molecule has 1 aliphatic heterocycles. The molecule has 0 unspecified atom stereocenters. The van der Waals surface area contributed by atoms with Crippen LogP contribution in [0.2, 0.25) is 0 Å². The van der Waals surface area contributed by atoms with E-state index in [4.69, 9.17) is 0 Å². The highest BCUT2D eigenvalue weighted by molar-refractivity contribution is 7.98. The maximum atomic E-state index is 12.5. The van der Waals surface area contributed by atoms with Crippen LogP contribution in [0.1, 0.15) is 47.5 Å². The quantitative estimate of drug-likeness (QED) is 0.476. The van der Waals surface area contributed by atoms with E-state index in [1.807, 2.05) is 29.2 Å². The van der Waals surface area contributed by atoms with Gasteiger partial charge in [0.25, 0.3) is 5.56 Å². The SMILES string of the molecule is O=C(CCSCc1nc2sc3c(c2c(=O)[nH]1)CCC3)Nc1cccc(CN2CCCC2=O)c1. The van der Waals surface area contributed by atoms with E-state index in [2.05, 4.69) is 15.3 Å². The van der Waals surface area contributed by atoms with Gasteiger partial charge in [-0.25, -0.2) is 4.98 Å². The van der Waals surface area contributed by atoms with Gasteiger partial charge < -0.3 is 15.2 Å². The molecule has 9 heteroatoms. The molecule has 2 aliphatic rings. The van der Waals surface area contributed by atoms with E-state index < -0.39 is 0 Å². The van der Waals surface area contributed by atoms with E-state index in [1.54, 1.807) is 23.1 Å². The fourth-order valence-corrected chi connectivity index (χ4v) is 6.60. The number of aromatic amines is 1. The highest BCUT2D eigenvalue weighted by Crippen LogP contribution is 2.34. The molecule has 5 rings (SSSR count). The number of hydrogen-bond donors (Lipinski definition) is 2. The van der Waals surface area contributed by atoms with Gasteiger partial charge >= 0.3 is 0 Å². The first kappa shape index (κ1) is 22.2. The second-order valence-corrected chi connectivity index (χ2v) is 10.7. The third-order valence-corrected chi connectivity index (χ3v) is 8.25. The number of likely N-dealkylation sites (tertiary alicyclic amines) is 1. The van der Waals surface area contributed by atoms with E-state index in [-0.39, 0.29) is 17.4 Å². The number of thioether (sulfide) groups is 1. The minimum atomic E-state index is -0.0523. The van der Waals surface area contributed by atoms with Crippen LogP contribution in [0, 0.1) is 0 Å². The van der Waals surface area contributed by atoms with Gasteiger partial charge in [0.2, 0.25) is 11.8 Å². The Morgan fingerprint density at radius 2 is 2.12 bits per heavy atom. The number of aryl methyl sites for hydroxylation is 2. The average molecular weight is 483 g/mol. The molecule has 3 heterocycles. The van der Waals surface area contributed by atoms with E-state index in [9.17, 15) is 14.4 Å². The number of rotatable bonds is 8. The zero-order valence-electron chi connectivity index (χ0n) is 18.3. The normalized spacial score (nSPS) is 15.4. The summed E-state index contributed by atoms with van der Waals surface area (Å²) in [6, 6.07) is 7.67. The van der Waals surface area contributed by atoms with Crippen LogP contribution >= 0.6 is 23.1 Å². The number of nitrogens with one attached hydrogen (secondary N) is 2. The van der Waals surface area contributed by atoms with Crippen LogP contribution in [0.5, 0.6) is 0 Å². The summed E-state index contributed by atoms with van der Waals surface area (Å²) in [6.07, 6.45) is 5.06. The molecule has 3 aromatic rings. The van der Waals surface area contributed by atoms with Crippen molar-refractivity contribution in [2.75, 3.05) is 17.6 Å². The van der Waals surface area contributed by atoms with Crippen molar-refractivity contribution in [2.45, 2.75) is 50.8 Å². The average Bonchev–Trinajstić information content (AvgIpc) is 3.48. The van der Waals surface area contributed by atoms with E-state index in [1.165, 1.54) is 10.4 Å². The van der Waals surface area contributed by atoms with Crippen LogP contribution in [-0.4, -0.2) is 39.0 Å². The number of thiophene rings is 1. The van der Waals surface area contributed by atoms with Crippen molar-refractivity contribution in [3.05, 3.63) is 56.4 Å². The molecule has 7 nitrogen and oxygen atoms in total. The molecule has 1 saturated heterocycles. The van der Waals surface area contributed by atoms with Gasteiger partial charge in [0, 0.05) is 42.2 Å². The molecular weight excluding hydrogens is 456 g/mol. The van der Waals surface area contributed by atoms with E-state index in [0.29, 0.717) is 36.7 Å². The molecule has 1 fully saturated rings. The van der Waals surface area contributed by atoms with Crippen molar-refractivity contribution in [3.63, 3.8) is 0 Å². The first-order valence-electron chi connectivity index (χ1n) is 11.3. The molecule has 1 aromatic carbocycles. The lowest BCUT2D eigenvalue weighted by atomic mass is 10.2. The number of carbonyl (C=O) groups is 2. The maximum absolute atomic E-state index is 12.5. The van der Waals surface area contributed by atoms with Crippen LogP contribution in [0.25, 0.3) is 10.2 Å². The predicted octanol–water partition coefficient (Wildman–Crippen LogP) is 3.86. The zero-order chi connectivity index (χ0) is 22.8. The molecule has 0 radical (unpaired) electrons. The summed E-state index contributed by atoms with van der Waals surface area (Å²) in [5.41, 5.74) is 2.91. The van der Waals surface area contributed by atoms with E-state index >= 15 is 0 Å². The Labute approximate surface area is 200 Å². The number of fused-ring (bicyclic) bond motifs is 3. The summed E-state index contributed by atoms with van der Waals surface area (Å²) in [7, 11) is 0. The van der Waals surface area contributed by atoms with Gasteiger partial charge in [-0.2, -0.15) is 11.8 Å². The van der Waals surface area contributed by atoms with Crippen molar-refractivity contribution in [1.82, 2.24) is 14.9 Å². The van der Waals surface area contributed by atoms with Crippen LogP contribution in [0.4, 0.5) is 5.69 Å². The lowest BCUT2D eigenvalue weighted by molar-refractivity contribution is -0.128. The molecule has 2 aromatic heterocycles. The number of H-pyrrole nitrogens is 1. The fourth-order valence-electron chi connectivity index (χ4n) is 4.51. The minimum absolute atomic E-state index is 0.0387. The largest absolute Gasteiger partial charge is 0.338 e. The summed E-state index contributed by atoms with van der Waals surface area (Å²) in [4.78, 5) is 48.3. The summed E-state index contributed by atoms with van der Waals surface area (Å²) in [5.74, 6) is 2.02. The van der Waals surface area contributed by atoms with Gasteiger partial charge in [0.15, 0.2) is 0 Å². The topological polar surface area (TPSA) is 95.2 Å². The Morgan fingerprint density at radius 1 is 1.21 bits per heavy atom. The molecule has 1 aliphatic carbocycles. The van der Waals surface area contributed by atoms with Crippen molar-refractivity contribution >= 4 is 50.8 Å². The Kier molecular flexibility index (Phi) is 6.50. The number of carbonyl (C=O) groups excluding carboxylic acids is 2. The van der Waals surface area contributed by atoms with Crippen LogP contribution in [0.15, 0.2) is 29.1 Å². The number of anilines is 1. The Balaban J connectivity index is 1.11. The summed E-state index contributed by atoms with van der Waals surface area (Å²) in [6.45, 7) is 1.38. The number of amides is 2. The standard InChI is InChI=1S/C24H26N4O3S2/c29-20(25-16-5-1-4-15(12-16)13-28-10-3-8-21(28)30)9-11-32-14-19-26-23(31)22-17-6-2-7-18(17)33-24(22)27-19/h1,4-5,12H,2-3,6-11,13-14H2,(H,25,29)(H,26,27,31). The monoisotopic (exact) mass is 482 g/mol. The smallest absolute Gasteiger partial charge is 0.259 e. The highest BCUT2D eigenvalue weighted by Gasteiger charge is 2.21. The van der Waals surface area contributed by atoms with Gasteiger partial charge in [0.1, 0.15) is 10.7 Å². The van der Waals surface area contributed by atoms with Gasteiger partial charge in [-0.3, -0.25) is 14.4 Å². The number of aromatic nitrogens is 2. The molecule has 2 N–H and O–H groups in total. The van der Waals surface area contributed by atoms with Crippen molar-refractivity contribution in [2.24, 2.45) is 0 Å². The third kappa shape index (κ3) is 4.99. The number of nitrogens with zero attached hydrogens (tertiary/aromatic N) is 2. The summed E-state index contributed by atoms with van der Waals surface area (Å²) >= 11 is 3.23. The first-order valence-corrected chi connectivity index (χ1v) is 13.3. The summed E-state index contributed by atoms with van der Waals surface area (Å²) in [5, 5.41) is 3.72. The van der Waals surface area contributed by atoms with Crippen molar-refractivity contribution in [1.29, 1.82) is 0 Å². The molecule has 172 valence electrons. The van der Waals surface area contributed by atoms with Gasteiger partial charge in [0.05, 0.1) is 11.1 Å². The molecule has 33 heavy (non-hydrogen) atoms. The molecule has 0 spiro atoms. The Bertz CT molecular complexity index is 1270. The van der Waals surface area contributed by atoms with Crippen molar-refractivity contribution < 1.29 is 9.59 Å². The number of benzene rings is 1. The second kappa shape index (κ2) is 9.69. The van der Waals surface area contributed by atoms with Crippen LogP contribution in [0.3, 0.4) is 0 Å². The van der Waals surface area contributed by atoms with Crippen LogP contribution in [-0.2, 0) is 34.7 Å². The molecule has 2 amide bonds. The van der Waals surface area contributed by atoms with Crippen LogP contribution < -0.4 is 10.9 Å². The molecule has 0 bridgehead atoms. The first-order chi connectivity index (χ1) is 16.1. The van der Waals surface area contributed by atoms with Gasteiger partial charge in [-0.15, -0.1) is 11.3 Å². The second-order valence-electron chi connectivity index (χ2n) is 8.52. The van der Waals surface area contributed by atoms with Crippen molar-refractivity contribution in [3.8, 4) is 0 Å². The Hall–Kier alpha value is -2.65. The van der Waals surface area contributed by atoms with Gasteiger partial charge in [-0.05, 0) is 48.9 Å². The lowest BCUT2D eigenvalue weighted by Crippen LogP contribution is -2.23. The third-order valence-electron chi connectivity index (χ3n) is 6.09.